The van der Waals surface area contributed by atoms with E-state index in [0.717, 1.165) is 11.6 Å². The van der Waals surface area contributed by atoms with Crippen LogP contribution >= 0.6 is 7.75 Å². The van der Waals surface area contributed by atoms with Crippen molar-refractivity contribution in [2.45, 2.75) is 63.9 Å². The van der Waals surface area contributed by atoms with E-state index in [1.807, 2.05) is 0 Å². The second kappa shape index (κ2) is 10.9. The van der Waals surface area contributed by atoms with Gasteiger partial charge in [0.15, 0.2) is 17.5 Å². The molecule has 0 saturated carbocycles. The van der Waals surface area contributed by atoms with E-state index in [9.17, 15) is 14.5 Å². The van der Waals surface area contributed by atoms with Gasteiger partial charge in [0.2, 0.25) is 0 Å². The zero-order valence-corrected chi connectivity index (χ0v) is 22.1. The minimum Gasteiger partial charge on any atom is -0.462 e. The lowest BCUT2D eigenvalue weighted by atomic mass is 9.99. The van der Waals surface area contributed by atoms with Gasteiger partial charge < -0.3 is 24.8 Å². The molecule has 38 heavy (non-hydrogen) atoms. The number of carbonyl (C=O) groups is 1. The van der Waals surface area contributed by atoms with Crippen molar-refractivity contribution in [1.82, 2.24) is 24.8 Å². The fourth-order valence-electron chi connectivity index (χ4n) is 3.87. The number of para-hydroxylation sites is 1. The van der Waals surface area contributed by atoms with Crippen molar-refractivity contribution in [3.8, 4) is 5.75 Å². The number of fused-ring (bicyclic) bond motifs is 1. The number of aliphatic hydroxyl groups excluding tert-OH is 1. The SMILES string of the molecule is CC(C)OC(=O)[C@H](C)NP(=O)(OC[C@H]1O[C@@H](n2ncc3c(N)ncnc32)[C@](C)(F)[C@@H]1O)Oc1ccccc1. The topological polar surface area (TPSA) is 173 Å². The van der Waals surface area contributed by atoms with Crippen LogP contribution in [0, 0.1) is 0 Å². The highest BCUT2D eigenvalue weighted by Gasteiger charge is 2.56. The van der Waals surface area contributed by atoms with Crippen molar-refractivity contribution in [3.63, 3.8) is 0 Å². The third-order valence-corrected chi connectivity index (χ3v) is 7.44. The number of nitrogens with zero attached hydrogens (tertiary/aromatic N) is 4. The van der Waals surface area contributed by atoms with E-state index < -0.39 is 56.6 Å². The van der Waals surface area contributed by atoms with E-state index in [1.165, 1.54) is 19.4 Å². The molecule has 0 amide bonds. The van der Waals surface area contributed by atoms with Crippen LogP contribution in [-0.2, 0) is 23.4 Å². The molecular formula is C23H30FN6O7P. The van der Waals surface area contributed by atoms with Crippen molar-refractivity contribution in [1.29, 1.82) is 0 Å². The Morgan fingerprint density at radius 3 is 2.71 bits per heavy atom. The van der Waals surface area contributed by atoms with Crippen LogP contribution in [0.5, 0.6) is 5.75 Å². The van der Waals surface area contributed by atoms with Crippen molar-refractivity contribution < 1.29 is 37.4 Å². The van der Waals surface area contributed by atoms with E-state index in [1.54, 1.807) is 44.2 Å². The first-order valence-corrected chi connectivity index (χ1v) is 13.4. The Morgan fingerprint density at radius 1 is 1.32 bits per heavy atom. The van der Waals surface area contributed by atoms with E-state index in [-0.39, 0.29) is 17.2 Å². The number of anilines is 1. The van der Waals surface area contributed by atoms with Gasteiger partial charge in [-0.15, -0.1) is 0 Å². The molecule has 1 fully saturated rings. The van der Waals surface area contributed by atoms with Crippen molar-refractivity contribution in [2.24, 2.45) is 0 Å². The molecule has 13 nitrogen and oxygen atoms in total. The van der Waals surface area contributed by atoms with Crippen LogP contribution in [0.4, 0.5) is 10.2 Å². The van der Waals surface area contributed by atoms with Crippen molar-refractivity contribution in [3.05, 3.63) is 42.9 Å². The number of nitrogen functional groups attached to an aromatic ring is 1. The molecule has 1 aliphatic heterocycles. The molecule has 6 atom stereocenters. The molecule has 2 aromatic heterocycles. The van der Waals surface area contributed by atoms with Gasteiger partial charge in [-0.05, 0) is 39.8 Å². The number of hydrogen-bond donors (Lipinski definition) is 3. The Balaban J connectivity index is 1.54. The van der Waals surface area contributed by atoms with Gasteiger partial charge in [0.1, 0.15) is 36.1 Å². The summed E-state index contributed by atoms with van der Waals surface area (Å²) < 4.78 is 52.7. The summed E-state index contributed by atoms with van der Waals surface area (Å²) >= 11 is 0. The van der Waals surface area contributed by atoms with Gasteiger partial charge in [0.05, 0.1) is 24.3 Å². The molecule has 4 rings (SSSR count). The van der Waals surface area contributed by atoms with Crippen LogP contribution < -0.4 is 15.3 Å². The number of aromatic nitrogens is 4. The minimum atomic E-state index is -4.26. The number of nitrogens with one attached hydrogen (secondary N) is 1. The predicted molar refractivity (Wildman–Crippen MR) is 134 cm³/mol. The van der Waals surface area contributed by atoms with Crippen molar-refractivity contribution in [2.75, 3.05) is 12.3 Å². The zero-order chi connectivity index (χ0) is 27.7. The normalized spacial score (nSPS) is 25.8. The van der Waals surface area contributed by atoms with E-state index in [4.69, 9.17) is 24.3 Å². The summed E-state index contributed by atoms with van der Waals surface area (Å²) in [6, 6.07) is 7.05. The lowest BCUT2D eigenvalue weighted by Gasteiger charge is -2.25. The average Bonchev–Trinajstić information content (AvgIpc) is 3.37. The molecular weight excluding hydrogens is 522 g/mol. The van der Waals surface area contributed by atoms with Crippen LogP contribution in [0.15, 0.2) is 42.9 Å². The fraction of sp³-hybridized carbons (Fsp3) is 0.478. The van der Waals surface area contributed by atoms with Gasteiger partial charge >= 0.3 is 13.7 Å². The molecule has 1 unspecified atom stereocenters. The number of halogens is 1. The molecule has 0 radical (unpaired) electrons. The number of aliphatic hydroxyl groups is 1. The van der Waals surface area contributed by atoms with Crippen LogP contribution in [0.2, 0.25) is 0 Å². The summed E-state index contributed by atoms with van der Waals surface area (Å²) in [5.41, 5.74) is 3.70. The number of benzene rings is 1. The summed E-state index contributed by atoms with van der Waals surface area (Å²) in [6.07, 6.45) is -2.25. The molecule has 1 aliphatic rings. The van der Waals surface area contributed by atoms with Gasteiger partial charge in [-0.1, -0.05) is 18.2 Å². The highest BCUT2D eigenvalue weighted by atomic mass is 31.2. The summed E-state index contributed by atoms with van der Waals surface area (Å²) in [6.45, 7) is 5.36. The predicted octanol–water partition coefficient (Wildman–Crippen LogP) is 2.53. The molecule has 3 aromatic rings. The van der Waals surface area contributed by atoms with Gasteiger partial charge in [-0.2, -0.15) is 10.2 Å². The van der Waals surface area contributed by atoms with Crippen LogP contribution in [-0.4, -0.2) is 67.5 Å². The Hall–Kier alpha value is -3.16. The number of alkyl halides is 1. The first kappa shape index (κ1) is 27.9. The fourth-order valence-corrected chi connectivity index (χ4v) is 5.37. The first-order chi connectivity index (χ1) is 17.9. The Kier molecular flexibility index (Phi) is 8.00. The number of nitrogens with two attached hydrogens (primary N) is 1. The third kappa shape index (κ3) is 5.79. The second-order valence-electron chi connectivity index (χ2n) is 9.24. The maximum absolute atomic E-state index is 15.8. The highest BCUT2D eigenvalue weighted by molar-refractivity contribution is 7.52. The largest absolute Gasteiger partial charge is 0.462 e. The van der Waals surface area contributed by atoms with E-state index in [0.29, 0.717) is 5.39 Å². The summed E-state index contributed by atoms with van der Waals surface area (Å²) in [5.74, 6) is -0.342. The minimum absolute atomic E-state index is 0.149. The Morgan fingerprint density at radius 2 is 2.03 bits per heavy atom. The van der Waals surface area contributed by atoms with Crippen LogP contribution in [0.1, 0.15) is 33.9 Å². The highest BCUT2D eigenvalue weighted by Crippen LogP contribution is 2.48. The first-order valence-electron chi connectivity index (χ1n) is 11.8. The molecule has 15 heteroatoms. The molecule has 0 bridgehead atoms. The molecule has 1 saturated heterocycles. The maximum atomic E-state index is 15.8. The van der Waals surface area contributed by atoms with E-state index in [2.05, 4.69) is 20.2 Å². The summed E-state index contributed by atoms with van der Waals surface area (Å²) in [7, 11) is -4.26. The van der Waals surface area contributed by atoms with Gasteiger partial charge in [0.25, 0.3) is 0 Å². The molecule has 206 valence electrons. The number of carbonyl (C=O) groups excluding carboxylic acids is 1. The van der Waals surface area contributed by atoms with Crippen LogP contribution in [0.3, 0.4) is 0 Å². The average molecular weight is 553 g/mol. The molecule has 0 spiro atoms. The number of rotatable bonds is 10. The third-order valence-electron chi connectivity index (χ3n) is 5.80. The van der Waals surface area contributed by atoms with Gasteiger partial charge in [-0.25, -0.2) is 23.6 Å². The number of ether oxygens (including phenoxy) is 2. The monoisotopic (exact) mass is 552 g/mol. The smallest absolute Gasteiger partial charge is 0.459 e. The molecule has 4 N–H and O–H groups in total. The maximum Gasteiger partial charge on any atom is 0.459 e. The standard InChI is InChI=1S/C23H30FN6O7P/c1-13(2)35-21(32)14(3)29-38(33,37-15-8-6-5-7-9-15)34-11-17-18(31)23(4,24)22(36-17)30-20-16(10-28-30)19(25)26-12-27-20/h5-10,12-14,17-18,22,31H,11H2,1-4H3,(H,29,33)(H2,25,26,27)/t14-,17+,18+,22+,23+,38?/m0/s1. The molecule has 1 aromatic carbocycles. The Bertz CT molecular complexity index is 1320. The molecule has 0 aliphatic carbocycles. The van der Waals surface area contributed by atoms with Crippen LogP contribution in [0.25, 0.3) is 11.0 Å². The summed E-state index contributed by atoms with van der Waals surface area (Å²) in [4.78, 5) is 20.3. The quantitative estimate of drug-likeness (QED) is 0.248. The molecule has 3 heterocycles. The lowest BCUT2D eigenvalue weighted by molar-refractivity contribution is -0.149. The second-order valence-corrected chi connectivity index (χ2v) is 10.9. The number of esters is 1. The van der Waals surface area contributed by atoms with Gasteiger partial charge in [-0.3, -0.25) is 9.32 Å². The van der Waals surface area contributed by atoms with E-state index >= 15 is 4.39 Å². The lowest BCUT2D eigenvalue weighted by Crippen LogP contribution is -2.41. The number of hydrogen-bond acceptors (Lipinski definition) is 11. The zero-order valence-electron chi connectivity index (χ0n) is 21.2. The van der Waals surface area contributed by atoms with Gasteiger partial charge in [0, 0.05) is 0 Å². The van der Waals surface area contributed by atoms with Crippen molar-refractivity contribution >= 4 is 30.6 Å². The summed E-state index contributed by atoms with van der Waals surface area (Å²) in [5, 5.41) is 17.8. The Labute approximate surface area is 218 Å².